The molecule has 1 aliphatic rings. The van der Waals surface area contributed by atoms with Crippen molar-refractivity contribution in [2.75, 3.05) is 32.7 Å². The van der Waals surface area contributed by atoms with Crippen molar-refractivity contribution in [2.24, 2.45) is 0 Å². The number of carbonyl (C=O) groups is 1. The quantitative estimate of drug-likeness (QED) is 0.830. The van der Waals surface area contributed by atoms with Crippen molar-refractivity contribution in [1.82, 2.24) is 9.80 Å². The molecule has 1 aromatic rings. The summed E-state index contributed by atoms with van der Waals surface area (Å²) in [6.45, 7) is 11.2. The van der Waals surface area contributed by atoms with Crippen LogP contribution in [0, 0.1) is 13.8 Å². The van der Waals surface area contributed by atoms with Crippen LogP contribution in [0.5, 0.6) is 0 Å². The average Bonchev–Trinajstić information content (AvgIpc) is 2.43. The van der Waals surface area contributed by atoms with Gasteiger partial charge >= 0.3 is 0 Å². The second kappa shape index (κ2) is 6.20. The Labute approximate surface area is 116 Å². The zero-order valence-electron chi connectivity index (χ0n) is 12.3. The van der Waals surface area contributed by atoms with Gasteiger partial charge in [-0.3, -0.25) is 4.79 Å². The van der Waals surface area contributed by atoms with Gasteiger partial charge in [-0.2, -0.15) is 0 Å². The molecule has 0 N–H and O–H groups in total. The zero-order chi connectivity index (χ0) is 13.8. The molecule has 0 bridgehead atoms. The molecule has 104 valence electrons. The molecule has 0 aliphatic carbocycles. The molecule has 19 heavy (non-hydrogen) atoms. The number of nitrogens with zero attached hydrogens (tertiary/aromatic N) is 2. The van der Waals surface area contributed by atoms with Gasteiger partial charge in [0.1, 0.15) is 0 Å². The van der Waals surface area contributed by atoms with Gasteiger partial charge in [0, 0.05) is 26.2 Å². The van der Waals surface area contributed by atoms with E-state index in [1.807, 2.05) is 4.90 Å². The highest BCUT2D eigenvalue weighted by molar-refractivity contribution is 5.79. The van der Waals surface area contributed by atoms with E-state index in [0.29, 0.717) is 6.42 Å². The summed E-state index contributed by atoms with van der Waals surface area (Å²) in [7, 11) is 0. The molecule has 0 saturated carbocycles. The normalized spacial score (nSPS) is 16.7. The summed E-state index contributed by atoms with van der Waals surface area (Å²) >= 11 is 0. The smallest absolute Gasteiger partial charge is 0.227 e. The van der Waals surface area contributed by atoms with Gasteiger partial charge in [0.05, 0.1) is 6.42 Å². The Morgan fingerprint density at radius 3 is 2.37 bits per heavy atom. The van der Waals surface area contributed by atoms with E-state index in [9.17, 15) is 4.79 Å². The first kappa shape index (κ1) is 14.1. The maximum absolute atomic E-state index is 12.3. The molecule has 1 fully saturated rings. The van der Waals surface area contributed by atoms with Gasteiger partial charge in [0.2, 0.25) is 5.91 Å². The van der Waals surface area contributed by atoms with Crippen LogP contribution in [-0.2, 0) is 11.2 Å². The molecule has 2 rings (SSSR count). The lowest BCUT2D eigenvalue weighted by Crippen LogP contribution is -2.48. The number of carbonyl (C=O) groups excluding carboxylic acids is 1. The first-order valence-electron chi connectivity index (χ1n) is 7.16. The Bertz CT molecular complexity index is 448. The predicted octanol–water partition coefficient (Wildman–Crippen LogP) is 2.01. The SMILES string of the molecule is CCN1CCN(C(=O)Cc2ccc(C)c(C)c2)CC1. The largest absolute Gasteiger partial charge is 0.340 e. The van der Waals surface area contributed by atoms with Crippen molar-refractivity contribution in [3.8, 4) is 0 Å². The molecule has 0 atom stereocenters. The lowest BCUT2D eigenvalue weighted by Gasteiger charge is -2.34. The lowest BCUT2D eigenvalue weighted by molar-refractivity contribution is -0.132. The number of likely N-dealkylation sites (N-methyl/N-ethyl adjacent to an activating group) is 1. The molecule has 3 heteroatoms. The fraction of sp³-hybridized carbons (Fsp3) is 0.562. The van der Waals surface area contributed by atoms with Crippen LogP contribution >= 0.6 is 0 Å². The number of hydrogen-bond acceptors (Lipinski definition) is 2. The minimum atomic E-state index is 0.263. The van der Waals surface area contributed by atoms with Crippen molar-refractivity contribution >= 4 is 5.91 Å². The maximum Gasteiger partial charge on any atom is 0.227 e. The summed E-state index contributed by atoms with van der Waals surface area (Å²) in [6, 6.07) is 6.31. The second-order valence-electron chi connectivity index (χ2n) is 5.41. The monoisotopic (exact) mass is 260 g/mol. The molecular formula is C16H24N2O. The number of piperazine rings is 1. The number of rotatable bonds is 3. The summed E-state index contributed by atoms with van der Waals surface area (Å²) in [6.07, 6.45) is 0.535. The average molecular weight is 260 g/mol. The third kappa shape index (κ3) is 3.57. The summed E-state index contributed by atoms with van der Waals surface area (Å²) in [5, 5.41) is 0. The van der Waals surface area contributed by atoms with Gasteiger partial charge in [-0.1, -0.05) is 25.1 Å². The predicted molar refractivity (Wildman–Crippen MR) is 78.3 cm³/mol. The van der Waals surface area contributed by atoms with Crippen LogP contribution < -0.4 is 0 Å². The molecule has 0 unspecified atom stereocenters. The summed E-state index contributed by atoms with van der Waals surface area (Å²) < 4.78 is 0. The van der Waals surface area contributed by atoms with E-state index in [0.717, 1.165) is 38.3 Å². The lowest BCUT2D eigenvalue weighted by atomic mass is 10.0. The van der Waals surface area contributed by atoms with Crippen molar-refractivity contribution < 1.29 is 4.79 Å². The molecular weight excluding hydrogens is 236 g/mol. The van der Waals surface area contributed by atoms with Crippen LogP contribution in [0.15, 0.2) is 18.2 Å². The van der Waals surface area contributed by atoms with Gasteiger partial charge < -0.3 is 9.80 Å². The minimum absolute atomic E-state index is 0.263. The Kier molecular flexibility index (Phi) is 4.59. The second-order valence-corrected chi connectivity index (χ2v) is 5.41. The van der Waals surface area contributed by atoms with Crippen LogP contribution in [0.25, 0.3) is 0 Å². The Morgan fingerprint density at radius 1 is 1.11 bits per heavy atom. The van der Waals surface area contributed by atoms with E-state index in [2.05, 4.69) is 43.9 Å². The molecule has 3 nitrogen and oxygen atoms in total. The Balaban J connectivity index is 1.92. The number of benzene rings is 1. The van der Waals surface area contributed by atoms with E-state index in [1.165, 1.54) is 11.1 Å². The van der Waals surface area contributed by atoms with Crippen LogP contribution in [0.1, 0.15) is 23.6 Å². The van der Waals surface area contributed by atoms with Crippen LogP contribution in [0.4, 0.5) is 0 Å². The highest BCUT2D eigenvalue weighted by atomic mass is 16.2. The van der Waals surface area contributed by atoms with Crippen LogP contribution in [0.2, 0.25) is 0 Å². The third-order valence-electron chi connectivity index (χ3n) is 4.10. The topological polar surface area (TPSA) is 23.6 Å². The van der Waals surface area contributed by atoms with E-state index in [4.69, 9.17) is 0 Å². The highest BCUT2D eigenvalue weighted by Crippen LogP contribution is 2.12. The van der Waals surface area contributed by atoms with Crippen LogP contribution in [0.3, 0.4) is 0 Å². The van der Waals surface area contributed by atoms with E-state index < -0.39 is 0 Å². The molecule has 0 aromatic heterocycles. The molecule has 1 aliphatic heterocycles. The first-order chi connectivity index (χ1) is 9.10. The molecule has 1 saturated heterocycles. The maximum atomic E-state index is 12.3. The van der Waals surface area contributed by atoms with E-state index in [1.54, 1.807) is 0 Å². The first-order valence-corrected chi connectivity index (χ1v) is 7.16. The van der Waals surface area contributed by atoms with Crippen LogP contribution in [-0.4, -0.2) is 48.4 Å². The van der Waals surface area contributed by atoms with Gasteiger partial charge in [0.15, 0.2) is 0 Å². The van der Waals surface area contributed by atoms with E-state index >= 15 is 0 Å². The van der Waals surface area contributed by atoms with Crippen molar-refractivity contribution in [1.29, 1.82) is 0 Å². The fourth-order valence-corrected chi connectivity index (χ4v) is 2.51. The van der Waals surface area contributed by atoms with Gasteiger partial charge in [-0.05, 0) is 37.1 Å². The fourth-order valence-electron chi connectivity index (χ4n) is 2.51. The van der Waals surface area contributed by atoms with Gasteiger partial charge in [-0.25, -0.2) is 0 Å². The molecule has 0 radical (unpaired) electrons. The van der Waals surface area contributed by atoms with Gasteiger partial charge in [0.25, 0.3) is 0 Å². The number of amides is 1. The Morgan fingerprint density at radius 2 is 1.79 bits per heavy atom. The van der Waals surface area contributed by atoms with Crippen molar-refractivity contribution in [3.05, 3.63) is 34.9 Å². The Hall–Kier alpha value is -1.35. The third-order valence-corrected chi connectivity index (χ3v) is 4.10. The molecule has 1 amide bonds. The number of aryl methyl sites for hydroxylation is 2. The number of hydrogen-bond donors (Lipinski definition) is 0. The molecule has 0 spiro atoms. The summed E-state index contributed by atoms with van der Waals surface area (Å²) in [4.78, 5) is 16.7. The van der Waals surface area contributed by atoms with Crippen molar-refractivity contribution in [2.45, 2.75) is 27.2 Å². The zero-order valence-corrected chi connectivity index (χ0v) is 12.3. The van der Waals surface area contributed by atoms with Crippen molar-refractivity contribution in [3.63, 3.8) is 0 Å². The van der Waals surface area contributed by atoms with E-state index in [-0.39, 0.29) is 5.91 Å². The summed E-state index contributed by atoms with van der Waals surface area (Å²) in [5.74, 6) is 0.263. The molecule has 1 heterocycles. The standard InChI is InChI=1S/C16H24N2O/c1-4-17-7-9-18(10-8-17)16(19)12-15-6-5-13(2)14(3)11-15/h5-6,11H,4,7-10,12H2,1-3H3. The highest BCUT2D eigenvalue weighted by Gasteiger charge is 2.20. The summed E-state index contributed by atoms with van der Waals surface area (Å²) in [5.41, 5.74) is 3.68. The van der Waals surface area contributed by atoms with Gasteiger partial charge in [-0.15, -0.1) is 0 Å². The molecule has 1 aromatic carbocycles. The minimum Gasteiger partial charge on any atom is -0.340 e.